The van der Waals surface area contributed by atoms with E-state index in [0.717, 1.165) is 41.1 Å². The second-order valence-electron chi connectivity index (χ2n) is 6.00. The number of amides is 1. The van der Waals surface area contributed by atoms with Crippen molar-refractivity contribution in [2.24, 2.45) is 0 Å². The summed E-state index contributed by atoms with van der Waals surface area (Å²) in [5.41, 5.74) is 2.51. The Balaban J connectivity index is 1.56. The molecule has 1 aliphatic heterocycles. The average molecular weight is 354 g/mol. The summed E-state index contributed by atoms with van der Waals surface area (Å²) in [6.07, 6.45) is 2.21. The minimum atomic E-state index is -0.192. The van der Waals surface area contributed by atoms with Crippen molar-refractivity contribution in [2.75, 3.05) is 11.9 Å². The number of aromatic nitrogens is 1. The van der Waals surface area contributed by atoms with Gasteiger partial charge in [-0.05, 0) is 37.5 Å². The van der Waals surface area contributed by atoms with Crippen LogP contribution >= 0.6 is 11.3 Å². The molecular weight excluding hydrogens is 336 g/mol. The Morgan fingerprint density at radius 1 is 1.24 bits per heavy atom. The van der Waals surface area contributed by atoms with Crippen molar-refractivity contribution >= 4 is 23.1 Å². The quantitative estimate of drug-likeness (QED) is 0.730. The zero-order valence-corrected chi connectivity index (χ0v) is 14.6. The SMILES string of the molecule is Cc1noc(NC(=O)c2ccc(C3CCCO3)s2)c1-c1ccccc1. The number of nitrogens with zero attached hydrogens (tertiary/aromatic N) is 1. The van der Waals surface area contributed by atoms with Gasteiger partial charge >= 0.3 is 0 Å². The van der Waals surface area contributed by atoms with Crippen LogP contribution < -0.4 is 5.32 Å². The van der Waals surface area contributed by atoms with Crippen LogP contribution in [0.3, 0.4) is 0 Å². The number of thiophene rings is 1. The van der Waals surface area contributed by atoms with E-state index in [1.807, 2.05) is 49.4 Å². The van der Waals surface area contributed by atoms with Gasteiger partial charge in [-0.3, -0.25) is 10.1 Å². The van der Waals surface area contributed by atoms with Crippen molar-refractivity contribution in [1.29, 1.82) is 0 Å². The number of rotatable bonds is 4. The highest BCUT2D eigenvalue weighted by Gasteiger charge is 2.22. The minimum Gasteiger partial charge on any atom is -0.373 e. The Labute approximate surface area is 149 Å². The molecule has 1 unspecified atom stereocenters. The van der Waals surface area contributed by atoms with Crippen LogP contribution in [0.25, 0.3) is 11.1 Å². The molecule has 6 heteroatoms. The van der Waals surface area contributed by atoms with E-state index in [-0.39, 0.29) is 12.0 Å². The van der Waals surface area contributed by atoms with Crippen LogP contribution in [0.5, 0.6) is 0 Å². The first-order valence-corrected chi connectivity index (χ1v) is 9.08. The summed E-state index contributed by atoms with van der Waals surface area (Å²) in [5.74, 6) is 0.184. The van der Waals surface area contributed by atoms with Gasteiger partial charge in [0.2, 0.25) is 5.88 Å². The van der Waals surface area contributed by atoms with Gasteiger partial charge in [-0.25, -0.2) is 0 Å². The summed E-state index contributed by atoms with van der Waals surface area (Å²) in [6.45, 7) is 2.66. The molecule has 128 valence electrons. The van der Waals surface area contributed by atoms with Crippen LogP contribution in [0.1, 0.15) is 39.2 Å². The fraction of sp³-hybridized carbons (Fsp3) is 0.263. The zero-order valence-electron chi connectivity index (χ0n) is 13.8. The molecule has 3 heterocycles. The van der Waals surface area contributed by atoms with E-state index in [1.54, 1.807) is 0 Å². The molecule has 1 fully saturated rings. The van der Waals surface area contributed by atoms with Gasteiger partial charge in [-0.2, -0.15) is 0 Å². The molecule has 3 aromatic rings. The van der Waals surface area contributed by atoms with E-state index in [0.29, 0.717) is 10.8 Å². The van der Waals surface area contributed by atoms with Crippen LogP contribution in [-0.4, -0.2) is 17.7 Å². The second-order valence-corrected chi connectivity index (χ2v) is 7.11. The summed E-state index contributed by atoms with van der Waals surface area (Å²) in [7, 11) is 0. The fourth-order valence-electron chi connectivity index (χ4n) is 3.01. The number of anilines is 1. The van der Waals surface area contributed by atoms with Crippen LogP contribution in [0.2, 0.25) is 0 Å². The molecule has 25 heavy (non-hydrogen) atoms. The van der Waals surface area contributed by atoms with E-state index < -0.39 is 0 Å². The topological polar surface area (TPSA) is 64.4 Å². The smallest absolute Gasteiger partial charge is 0.268 e. The Morgan fingerprint density at radius 3 is 2.84 bits per heavy atom. The standard InChI is InChI=1S/C19H18N2O3S/c1-12-17(13-6-3-2-4-7-13)19(24-21-12)20-18(22)16-10-9-15(25-16)14-8-5-11-23-14/h2-4,6-7,9-10,14H,5,8,11H2,1H3,(H,20,22). The maximum absolute atomic E-state index is 12.6. The van der Waals surface area contributed by atoms with Crippen molar-refractivity contribution in [3.8, 4) is 11.1 Å². The summed E-state index contributed by atoms with van der Waals surface area (Å²) in [5, 5.41) is 6.85. The number of ether oxygens (including phenoxy) is 1. The lowest BCUT2D eigenvalue weighted by atomic mass is 10.1. The molecule has 1 saturated heterocycles. The van der Waals surface area contributed by atoms with E-state index in [4.69, 9.17) is 9.26 Å². The Bertz CT molecular complexity index is 879. The molecule has 1 atom stereocenters. The molecule has 5 nitrogen and oxygen atoms in total. The van der Waals surface area contributed by atoms with Gasteiger partial charge in [-0.15, -0.1) is 11.3 Å². The second kappa shape index (κ2) is 6.82. The molecule has 0 spiro atoms. The normalized spacial score (nSPS) is 16.9. The van der Waals surface area contributed by atoms with Gasteiger partial charge < -0.3 is 9.26 Å². The number of hydrogen-bond acceptors (Lipinski definition) is 5. The number of nitrogens with one attached hydrogen (secondary N) is 1. The van der Waals surface area contributed by atoms with E-state index in [1.165, 1.54) is 11.3 Å². The Kier molecular flexibility index (Phi) is 4.38. The first-order valence-electron chi connectivity index (χ1n) is 8.27. The fourth-order valence-corrected chi connectivity index (χ4v) is 4.00. The van der Waals surface area contributed by atoms with Crippen molar-refractivity contribution in [1.82, 2.24) is 5.16 Å². The van der Waals surface area contributed by atoms with Gasteiger partial charge in [0.25, 0.3) is 5.91 Å². The highest BCUT2D eigenvalue weighted by atomic mass is 32.1. The third-order valence-electron chi connectivity index (χ3n) is 4.25. The van der Waals surface area contributed by atoms with Gasteiger partial charge in [0.15, 0.2) is 0 Å². The number of carbonyl (C=O) groups is 1. The predicted molar refractivity (Wildman–Crippen MR) is 96.9 cm³/mol. The van der Waals surface area contributed by atoms with Gasteiger partial charge in [0.05, 0.1) is 22.2 Å². The van der Waals surface area contributed by atoms with Crippen LogP contribution in [0, 0.1) is 6.92 Å². The molecule has 1 aromatic carbocycles. The number of carbonyl (C=O) groups excluding carboxylic acids is 1. The number of benzene rings is 1. The summed E-state index contributed by atoms with van der Waals surface area (Å²) in [4.78, 5) is 14.3. The molecule has 1 aliphatic rings. The average Bonchev–Trinajstić information content (AvgIpc) is 3.36. The third kappa shape index (κ3) is 3.23. The van der Waals surface area contributed by atoms with Crippen LogP contribution in [0.15, 0.2) is 47.0 Å². The van der Waals surface area contributed by atoms with Crippen LogP contribution in [-0.2, 0) is 4.74 Å². The molecule has 1 amide bonds. The molecular formula is C19H18N2O3S. The molecule has 0 aliphatic carbocycles. The maximum Gasteiger partial charge on any atom is 0.268 e. The van der Waals surface area contributed by atoms with Gasteiger partial charge in [0, 0.05) is 11.5 Å². The molecule has 0 radical (unpaired) electrons. The largest absolute Gasteiger partial charge is 0.373 e. The lowest BCUT2D eigenvalue weighted by molar-refractivity contribution is 0.102. The highest BCUT2D eigenvalue weighted by Crippen LogP contribution is 2.35. The van der Waals surface area contributed by atoms with Crippen molar-refractivity contribution in [3.05, 3.63) is 57.9 Å². The van der Waals surface area contributed by atoms with E-state index in [9.17, 15) is 4.79 Å². The molecule has 1 N–H and O–H groups in total. The van der Waals surface area contributed by atoms with E-state index >= 15 is 0 Å². The van der Waals surface area contributed by atoms with E-state index in [2.05, 4.69) is 10.5 Å². The number of aryl methyl sites for hydroxylation is 1. The highest BCUT2D eigenvalue weighted by molar-refractivity contribution is 7.14. The third-order valence-corrected chi connectivity index (χ3v) is 5.43. The first kappa shape index (κ1) is 16.1. The maximum atomic E-state index is 12.6. The molecule has 4 rings (SSSR count). The van der Waals surface area contributed by atoms with Crippen LogP contribution in [0.4, 0.5) is 5.88 Å². The lowest BCUT2D eigenvalue weighted by Crippen LogP contribution is -2.10. The number of hydrogen-bond donors (Lipinski definition) is 1. The van der Waals surface area contributed by atoms with Gasteiger partial charge in [0.1, 0.15) is 0 Å². The Morgan fingerprint density at radius 2 is 2.08 bits per heavy atom. The summed E-state index contributed by atoms with van der Waals surface area (Å²) >= 11 is 1.47. The zero-order chi connectivity index (χ0) is 17.2. The van der Waals surface area contributed by atoms with Gasteiger partial charge in [-0.1, -0.05) is 35.5 Å². The Hall–Kier alpha value is -2.44. The first-order chi connectivity index (χ1) is 12.2. The molecule has 0 bridgehead atoms. The lowest BCUT2D eigenvalue weighted by Gasteiger charge is -2.05. The minimum absolute atomic E-state index is 0.124. The molecule has 0 saturated carbocycles. The van der Waals surface area contributed by atoms with Crippen molar-refractivity contribution in [2.45, 2.75) is 25.9 Å². The van der Waals surface area contributed by atoms with Crippen molar-refractivity contribution in [3.63, 3.8) is 0 Å². The molecule has 2 aromatic heterocycles. The predicted octanol–water partition coefficient (Wildman–Crippen LogP) is 4.82. The summed E-state index contributed by atoms with van der Waals surface area (Å²) < 4.78 is 11.0. The monoisotopic (exact) mass is 354 g/mol. The summed E-state index contributed by atoms with van der Waals surface area (Å²) in [6, 6.07) is 13.6. The van der Waals surface area contributed by atoms with Crippen molar-refractivity contribution < 1.29 is 14.1 Å².